The molecule has 110 valence electrons. The maximum absolute atomic E-state index is 11.8. The maximum atomic E-state index is 11.8. The van der Waals surface area contributed by atoms with Crippen molar-refractivity contribution in [1.82, 2.24) is 10.3 Å². The molecule has 0 saturated heterocycles. The smallest absolute Gasteiger partial charge is 0.269 e. The standard InChI is InChI=1S/C14H22N4OS/c1-4-16-14(19)12-9-11(5-7-17-12)18(10(2)3)8-6-13(15)20/h5,7,9-10H,4,6,8H2,1-3H3,(H2,15,20)(H,16,19). The van der Waals surface area contributed by atoms with Gasteiger partial charge in [0.05, 0.1) is 4.99 Å². The van der Waals surface area contributed by atoms with Crippen LogP contribution in [0.15, 0.2) is 18.3 Å². The number of carbonyl (C=O) groups is 1. The Morgan fingerprint density at radius 2 is 2.25 bits per heavy atom. The van der Waals surface area contributed by atoms with Crippen LogP contribution in [0.4, 0.5) is 5.69 Å². The zero-order valence-corrected chi connectivity index (χ0v) is 13.0. The fourth-order valence-corrected chi connectivity index (χ4v) is 1.98. The van der Waals surface area contributed by atoms with E-state index >= 15 is 0 Å². The molecule has 5 nitrogen and oxygen atoms in total. The highest BCUT2D eigenvalue weighted by atomic mass is 32.1. The molecule has 1 rings (SSSR count). The molecule has 0 aromatic carbocycles. The Kier molecular flexibility index (Phi) is 6.38. The summed E-state index contributed by atoms with van der Waals surface area (Å²) >= 11 is 4.93. The van der Waals surface area contributed by atoms with Crippen LogP contribution in [0.1, 0.15) is 37.7 Å². The third kappa shape index (κ3) is 4.77. The third-order valence-electron chi connectivity index (χ3n) is 2.87. The van der Waals surface area contributed by atoms with Crippen LogP contribution in [0.3, 0.4) is 0 Å². The van der Waals surface area contributed by atoms with Crippen molar-refractivity contribution in [3.05, 3.63) is 24.0 Å². The third-order valence-corrected chi connectivity index (χ3v) is 3.07. The second-order valence-corrected chi connectivity index (χ2v) is 5.29. The molecule has 1 aromatic rings. The maximum Gasteiger partial charge on any atom is 0.269 e. The summed E-state index contributed by atoms with van der Waals surface area (Å²) in [6.07, 6.45) is 2.29. The molecule has 1 amide bonds. The second-order valence-electron chi connectivity index (χ2n) is 4.76. The number of amides is 1. The molecule has 20 heavy (non-hydrogen) atoms. The number of carbonyl (C=O) groups excluding carboxylic acids is 1. The molecule has 0 spiro atoms. The van der Waals surface area contributed by atoms with Crippen LogP contribution in [-0.2, 0) is 0 Å². The lowest BCUT2D eigenvalue weighted by atomic mass is 10.2. The van der Waals surface area contributed by atoms with Crippen LogP contribution in [0.5, 0.6) is 0 Å². The first-order valence-electron chi connectivity index (χ1n) is 6.75. The fraction of sp³-hybridized carbons (Fsp3) is 0.500. The quantitative estimate of drug-likeness (QED) is 0.749. The summed E-state index contributed by atoms with van der Waals surface area (Å²) in [5.74, 6) is -0.160. The van der Waals surface area contributed by atoms with E-state index in [9.17, 15) is 4.79 Å². The minimum Gasteiger partial charge on any atom is -0.393 e. The van der Waals surface area contributed by atoms with E-state index < -0.39 is 0 Å². The number of hydrogen-bond acceptors (Lipinski definition) is 4. The Balaban J connectivity index is 2.93. The van der Waals surface area contributed by atoms with Crippen LogP contribution >= 0.6 is 12.2 Å². The predicted molar refractivity (Wildman–Crippen MR) is 86.1 cm³/mol. The molecule has 6 heteroatoms. The number of pyridine rings is 1. The number of nitrogens with one attached hydrogen (secondary N) is 1. The fourth-order valence-electron chi connectivity index (χ4n) is 1.89. The largest absolute Gasteiger partial charge is 0.393 e. The Labute approximate surface area is 125 Å². The zero-order valence-electron chi connectivity index (χ0n) is 12.2. The Hall–Kier alpha value is -1.69. The van der Waals surface area contributed by atoms with Gasteiger partial charge in [0, 0.05) is 37.4 Å². The van der Waals surface area contributed by atoms with E-state index in [-0.39, 0.29) is 11.9 Å². The predicted octanol–water partition coefficient (Wildman–Crippen LogP) is 1.72. The van der Waals surface area contributed by atoms with Gasteiger partial charge < -0.3 is 16.0 Å². The molecule has 0 aliphatic carbocycles. The van der Waals surface area contributed by atoms with E-state index in [1.165, 1.54) is 0 Å². The molecule has 0 atom stereocenters. The highest BCUT2D eigenvalue weighted by molar-refractivity contribution is 7.80. The van der Waals surface area contributed by atoms with Gasteiger partial charge in [-0.2, -0.15) is 0 Å². The topological polar surface area (TPSA) is 71.2 Å². The van der Waals surface area contributed by atoms with Crippen molar-refractivity contribution in [2.24, 2.45) is 5.73 Å². The first kappa shape index (κ1) is 16.4. The van der Waals surface area contributed by atoms with Gasteiger partial charge in [-0.1, -0.05) is 12.2 Å². The Morgan fingerprint density at radius 1 is 1.55 bits per heavy atom. The van der Waals surface area contributed by atoms with Crippen molar-refractivity contribution in [2.75, 3.05) is 18.0 Å². The van der Waals surface area contributed by atoms with Gasteiger partial charge in [0.25, 0.3) is 5.91 Å². The van der Waals surface area contributed by atoms with Gasteiger partial charge in [-0.15, -0.1) is 0 Å². The van der Waals surface area contributed by atoms with E-state index in [0.29, 0.717) is 23.6 Å². The molecule has 1 aromatic heterocycles. The van der Waals surface area contributed by atoms with Gasteiger partial charge in [0.2, 0.25) is 0 Å². The molecule has 0 fully saturated rings. The number of thiocarbonyl (C=S) groups is 1. The van der Waals surface area contributed by atoms with Crippen molar-refractivity contribution in [3.63, 3.8) is 0 Å². The summed E-state index contributed by atoms with van der Waals surface area (Å²) in [6.45, 7) is 7.37. The Morgan fingerprint density at radius 3 is 2.80 bits per heavy atom. The lowest BCUT2D eigenvalue weighted by molar-refractivity contribution is 0.0951. The number of rotatable bonds is 7. The first-order valence-corrected chi connectivity index (χ1v) is 7.15. The number of nitrogens with zero attached hydrogens (tertiary/aromatic N) is 2. The van der Waals surface area contributed by atoms with Crippen LogP contribution in [0.25, 0.3) is 0 Å². The normalized spacial score (nSPS) is 10.4. The highest BCUT2D eigenvalue weighted by Gasteiger charge is 2.14. The molecule has 0 aliphatic rings. The summed E-state index contributed by atoms with van der Waals surface area (Å²) in [5.41, 5.74) is 6.94. The molecule has 0 bridgehead atoms. The molecule has 0 aliphatic heterocycles. The van der Waals surface area contributed by atoms with Crippen molar-refractivity contribution in [1.29, 1.82) is 0 Å². The van der Waals surface area contributed by atoms with Gasteiger partial charge in [0.1, 0.15) is 5.69 Å². The average molecular weight is 294 g/mol. The lowest BCUT2D eigenvalue weighted by Crippen LogP contribution is -2.34. The number of anilines is 1. The van der Waals surface area contributed by atoms with E-state index in [0.717, 1.165) is 12.2 Å². The highest BCUT2D eigenvalue weighted by Crippen LogP contribution is 2.18. The second kappa shape index (κ2) is 7.79. The summed E-state index contributed by atoms with van der Waals surface area (Å²) in [6, 6.07) is 3.97. The molecule has 3 N–H and O–H groups in total. The molecule has 0 unspecified atom stereocenters. The SMILES string of the molecule is CCNC(=O)c1cc(N(CCC(N)=S)C(C)C)ccn1. The van der Waals surface area contributed by atoms with Gasteiger partial charge in [0.15, 0.2) is 0 Å². The molecule has 0 radical (unpaired) electrons. The minimum absolute atomic E-state index is 0.160. The van der Waals surface area contributed by atoms with Crippen LogP contribution in [-0.4, -0.2) is 35.0 Å². The van der Waals surface area contributed by atoms with Gasteiger partial charge >= 0.3 is 0 Å². The molecular formula is C14H22N4OS. The van der Waals surface area contributed by atoms with Gasteiger partial charge in [-0.3, -0.25) is 9.78 Å². The van der Waals surface area contributed by atoms with Gasteiger partial charge in [-0.05, 0) is 32.9 Å². The summed E-state index contributed by atoms with van der Waals surface area (Å²) < 4.78 is 0. The van der Waals surface area contributed by atoms with E-state index in [2.05, 4.69) is 29.0 Å². The summed E-state index contributed by atoms with van der Waals surface area (Å²) in [7, 11) is 0. The van der Waals surface area contributed by atoms with Crippen molar-refractivity contribution in [2.45, 2.75) is 33.2 Å². The number of nitrogens with two attached hydrogens (primary N) is 1. The molecular weight excluding hydrogens is 272 g/mol. The monoisotopic (exact) mass is 294 g/mol. The van der Waals surface area contributed by atoms with Crippen molar-refractivity contribution >= 4 is 28.8 Å². The number of aromatic nitrogens is 1. The summed E-state index contributed by atoms with van der Waals surface area (Å²) in [4.78, 5) is 18.6. The molecule has 1 heterocycles. The van der Waals surface area contributed by atoms with Gasteiger partial charge in [-0.25, -0.2) is 0 Å². The van der Waals surface area contributed by atoms with Crippen molar-refractivity contribution in [3.8, 4) is 0 Å². The van der Waals surface area contributed by atoms with Crippen LogP contribution in [0.2, 0.25) is 0 Å². The van der Waals surface area contributed by atoms with E-state index in [1.807, 2.05) is 13.0 Å². The average Bonchev–Trinajstić information content (AvgIpc) is 2.39. The van der Waals surface area contributed by atoms with Crippen LogP contribution < -0.4 is 16.0 Å². The van der Waals surface area contributed by atoms with E-state index in [1.54, 1.807) is 12.3 Å². The zero-order chi connectivity index (χ0) is 15.1. The Bertz CT molecular complexity index is 476. The summed E-state index contributed by atoms with van der Waals surface area (Å²) in [5, 5.41) is 2.75. The lowest BCUT2D eigenvalue weighted by Gasteiger charge is -2.29. The molecule has 0 saturated carbocycles. The van der Waals surface area contributed by atoms with Crippen molar-refractivity contribution < 1.29 is 4.79 Å². The van der Waals surface area contributed by atoms with E-state index in [4.69, 9.17) is 18.0 Å². The minimum atomic E-state index is -0.160. The van der Waals surface area contributed by atoms with Crippen LogP contribution in [0, 0.1) is 0 Å². The first-order chi connectivity index (χ1) is 9.45. The number of hydrogen-bond donors (Lipinski definition) is 2.